The van der Waals surface area contributed by atoms with Crippen LogP contribution in [-0.4, -0.2) is 34.1 Å². The highest BCUT2D eigenvalue weighted by molar-refractivity contribution is 8.00. The Bertz CT molecular complexity index is 812. The van der Waals surface area contributed by atoms with E-state index in [2.05, 4.69) is 9.97 Å². The minimum absolute atomic E-state index is 0.206. The third-order valence-electron chi connectivity index (χ3n) is 6.69. The molecule has 1 atom stereocenters. The number of carbonyl (C=O) groups is 2. The number of hydrogen-bond acceptors (Lipinski definition) is 6. The number of ether oxygens (including phenoxy) is 1. The number of nitrogens with zero attached hydrogens (tertiary/aromatic N) is 1. The first kappa shape index (κ1) is 18.7. The number of H-pyrrole nitrogens is 1. The molecule has 146 valence electrons. The topological polar surface area (TPSA) is 89.1 Å². The van der Waals surface area contributed by atoms with E-state index < -0.39 is 11.7 Å². The molecule has 27 heavy (non-hydrogen) atoms. The smallest absolute Gasteiger partial charge is 0.346 e. The first-order chi connectivity index (χ1) is 12.8. The fourth-order valence-corrected chi connectivity index (χ4v) is 7.23. The summed E-state index contributed by atoms with van der Waals surface area (Å²) in [6.07, 6.45) is 6.89. The number of aromatic amines is 1. The van der Waals surface area contributed by atoms with E-state index in [0.29, 0.717) is 23.4 Å². The molecule has 1 unspecified atom stereocenters. The summed E-state index contributed by atoms with van der Waals surface area (Å²) in [6.45, 7) is 3.52. The van der Waals surface area contributed by atoms with Crippen LogP contribution in [-0.2, 0) is 9.53 Å². The lowest BCUT2D eigenvalue weighted by molar-refractivity contribution is -0.142. The maximum Gasteiger partial charge on any atom is 0.346 e. The number of ketones is 1. The number of hydrogen-bond donors (Lipinski definition) is 1. The molecule has 0 aliphatic heterocycles. The molecule has 4 aliphatic carbocycles. The molecule has 0 radical (unpaired) electrons. The molecular formula is C20H26N2O4S. The van der Waals surface area contributed by atoms with Crippen molar-refractivity contribution in [2.75, 3.05) is 7.11 Å². The van der Waals surface area contributed by atoms with Gasteiger partial charge in [0.15, 0.2) is 5.78 Å². The van der Waals surface area contributed by atoms with Crippen LogP contribution in [0.1, 0.15) is 61.5 Å². The van der Waals surface area contributed by atoms with E-state index in [0.717, 1.165) is 19.3 Å². The molecule has 1 heterocycles. The number of Topliss-reactive ketones (excluding diaryl/α,β-unsaturated/α-hetero) is 1. The summed E-state index contributed by atoms with van der Waals surface area (Å²) in [6, 6.07) is 0. The van der Waals surface area contributed by atoms with Gasteiger partial charge in [0.05, 0.1) is 12.4 Å². The summed E-state index contributed by atoms with van der Waals surface area (Å²) in [5.74, 6) is 1.81. The van der Waals surface area contributed by atoms with Crippen LogP contribution in [0.3, 0.4) is 0 Å². The summed E-state index contributed by atoms with van der Waals surface area (Å²) in [7, 11) is 1.30. The Kier molecular flexibility index (Phi) is 4.69. The van der Waals surface area contributed by atoms with Crippen LogP contribution in [0.25, 0.3) is 0 Å². The van der Waals surface area contributed by atoms with Crippen LogP contribution in [0, 0.1) is 30.1 Å². The molecule has 1 aromatic rings. The van der Waals surface area contributed by atoms with E-state index in [-0.39, 0.29) is 27.0 Å². The highest BCUT2D eigenvalue weighted by atomic mass is 32.2. The van der Waals surface area contributed by atoms with Gasteiger partial charge in [-0.1, -0.05) is 11.8 Å². The second-order valence-electron chi connectivity index (χ2n) is 8.66. The van der Waals surface area contributed by atoms with Crippen molar-refractivity contribution in [3.05, 3.63) is 21.7 Å². The van der Waals surface area contributed by atoms with Crippen LogP contribution in [0.4, 0.5) is 0 Å². The largest absolute Gasteiger partial charge is 0.465 e. The molecule has 4 saturated carbocycles. The van der Waals surface area contributed by atoms with Gasteiger partial charge < -0.3 is 9.72 Å². The fourth-order valence-electron chi connectivity index (χ4n) is 6.05. The average molecular weight is 391 g/mol. The number of carbonyl (C=O) groups excluding carboxylic acids is 2. The molecule has 1 N–H and O–H groups in total. The highest BCUT2D eigenvalue weighted by Gasteiger charge is 2.55. The van der Waals surface area contributed by atoms with E-state index in [1.165, 1.54) is 38.1 Å². The maximum absolute atomic E-state index is 13.5. The molecule has 0 aromatic carbocycles. The third kappa shape index (κ3) is 3.24. The van der Waals surface area contributed by atoms with Gasteiger partial charge in [0, 0.05) is 11.1 Å². The Morgan fingerprint density at radius 3 is 2.26 bits per heavy atom. The minimum Gasteiger partial charge on any atom is -0.465 e. The molecule has 0 amide bonds. The second kappa shape index (κ2) is 6.76. The first-order valence-corrected chi connectivity index (χ1v) is 10.6. The predicted octanol–water partition coefficient (Wildman–Crippen LogP) is 3.13. The van der Waals surface area contributed by atoms with Gasteiger partial charge in [0.1, 0.15) is 10.6 Å². The van der Waals surface area contributed by atoms with Crippen molar-refractivity contribution in [2.45, 2.75) is 62.6 Å². The monoisotopic (exact) mass is 390 g/mol. The molecule has 4 aliphatic rings. The van der Waals surface area contributed by atoms with Crippen molar-refractivity contribution in [1.29, 1.82) is 0 Å². The summed E-state index contributed by atoms with van der Waals surface area (Å²) < 4.78 is 4.84. The predicted molar refractivity (Wildman–Crippen MR) is 102 cm³/mol. The number of aromatic nitrogens is 2. The van der Waals surface area contributed by atoms with Crippen LogP contribution in [0.5, 0.6) is 0 Å². The van der Waals surface area contributed by atoms with Crippen molar-refractivity contribution in [1.82, 2.24) is 9.97 Å². The van der Waals surface area contributed by atoms with Crippen molar-refractivity contribution >= 4 is 23.5 Å². The fraction of sp³-hybridized carbons (Fsp3) is 0.700. The van der Waals surface area contributed by atoms with E-state index in [9.17, 15) is 14.4 Å². The lowest BCUT2D eigenvalue weighted by Gasteiger charge is -2.56. The first-order valence-electron chi connectivity index (χ1n) is 9.71. The Balaban J connectivity index is 1.60. The van der Waals surface area contributed by atoms with Gasteiger partial charge >= 0.3 is 11.7 Å². The van der Waals surface area contributed by atoms with E-state index >= 15 is 0 Å². The number of methoxy groups -OCH3 is 1. The van der Waals surface area contributed by atoms with E-state index in [1.807, 2.05) is 6.92 Å². The van der Waals surface area contributed by atoms with Crippen LogP contribution >= 0.6 is 11.8 Å². The Morgan fingerprint density at radius 2 is 1.74 bits per heavy atom. The molecule has 5 rings (SSSR count). The third-order valence-corrected chi connectivity index (χ3v) is 7.78. The van der Waals surface area contributed by atoms with Crippen molar-refractivity contribution in [2.24, 2.45) is 23.2 Å². The lowest BCUT2D eigenvalue weighted by Crippen LogP contribution is -2.51. The summed E-state index contributed by atoms with van der Waals surface area (Å²) in [5.41, 5.74) is -0.0637. The number of esters is 1. The highest BCUT2D eigenvalue weighted by Crippen LogP contribution is 2.61. The molecule has 7 heteroatoms. The van der Waals surface area contributed by atoms with Crippen molar-refractivity contribution in [3.8, 4) is 0 Å². The number of thioether (sulfide) groups is 1. The zero-order chi connectivity index (χ0) is 19.3. The summed E-state index contributed by atoms with van der Waals surface area (Å²) in [4.78, 5) is 44.0. The van der Waals surface area contributed by atoms with E-state index in [4.69, 9.17) is 4.74 Å². The van der Waals surface area contributed by atoms with Crippen LogP contribution < -0.4 is 5.69 Å². The standard InChI is InChI=1S/C20H26N2O4S/c1-10-15(18(24)26-3)17(22-19(25)21-10)27-11(2)16(23)20-7-12-4-13(8-20)6-14(5-12)9-20/h11-14H,4-9H2,1-3H3,(H,21,22,25). The zero-order valence-corrected chi connectivity index (χ0v) is 16.9. The van der Waals surface area contributed by atoms with Crippen molar-refractivity contribution in [3.63, 3.8) is 0 Å². The molecule has 6 nitrogen and oxygen atoms in total. The van der Waals surface area contributed by atoms with E-state index in [1.54, 1.807) is 6.92 Å². The Labute approximate surface area is 162 Å². The van der Waals surface area contributed by atoms with Crippen molar-refractivity contribution < 1.29 is 14.3 Å². The Morgan fingerprint density at radius 1 is 1.19 bits per heavy atom. The number of aryl methyl sites for hydroxylation is 1. The average Bonchev–Trinajstić information content (AvgIpc) is 2.58. The summed E-state index contributed by atoms with van der Waals surface area (Å²) >= 11 is 1.22. The molecule has 4 fully saturated rings. The van der Waals surface area contributed by atoms with Crippen LogP contribution in [0.15, 0.2) is 9.82 Å². The molecule has 4 bridgehead atoms. The van der Waals surface area contributed by atoms with Gasteiger partial charge in [0.2, 0.25) is 0 Å². The molecule has 1 aromatic heterocycles. The number of rotatable bonds is 5. The van der Waals surface area contributed by atoms with Gasteiger partial charge in [-0.25, -0.2) is 9.59 Å². The van der Waals surface area contributed by atoms with Gasteiger partial charge in [-0.2, -0.15) is 4.98 Å². The molecule has 0 saturated heterocycles. The lowest BCUT2D eigenvalue weighted by atomic mass is 9.48. The molecule has 0 spiro atoms. The normalized spacial score (nSPS) is 32.3. The maximum atomic E-state index is 13.5. The molecular weight excluding hydrogens is 364 g/mol. The van der Waals surface area contributed by atoms with Gasteiger partial charge in [-0.3, -0.25) is 4.79 Å². The zero-order valence-electron chi connectivity index (χ0n) is 16.0. The second-order valence-corrected chi connectivity index (χ2v) is 9.99. The van der Waals surface area contributed by atoms with Gasteiger partial charge in [-0.05, 0) is 70.1 Å². The summed E-state index contributed by atoms with van der Waals surface area (Å²) in [5, 5.41) is -0.0629. The number of nitrogens with one attached hydrogen (secondary N) is 1. The van der Waals surface area contributed by atoms with Crippen LogP contribution in [0.2, 0.25) is 0 Å². The Hall–Kier alpha value is -1.63. The SMILES string of the molecule is COC(=O)c1c(SC(C)C(=O)C23CC4CC(CC(C4)C2)C3)nc(=O)[nH]c1C. The van der Waals surface area contributed by atoms with Gasteiger partial charge in [0.25, 0.3) is 0 Å². The quantitative estimate of drug-likeness (QED) is 0.472. The minimum atomic E-state index is -0.548. The van der Waals surface area contributed by atoms with Gasteiger partial charge in [-0.15, -0.1) is 0 Å².